The first-order valence-electron chi connectivity index (χ1n) is 6.37. The summed E-state index contributed by atoms with van der Waals surface area (Å²) in [6, 6.07) is 3.10. The molecule has 1 fully saturated rings. The first-order chi connectivity index (χ1) is 9.55. The van der Waals surface area contributed by atoms with Crippen LogP contribution in [0.3, 0.4) is 0 Å². The second-order valence-electron chi connectivity index (χ2n) is 4.28. The molecule has 1 saturated heterocycles. The Morgan fingerprint density at radius 3 is 2.60 bits per heavy atom. The number of carbonyl (C=O) groups is 1. The fraction of sp³-hybridized carbons (Fsp3) is 0.500. The summed E-state index contributed by atoms with van der Waals surface area (Å²) in [4.78, 5) is 17.1. The minimum absolute atomic E-state index is 0.171. The molecule has 2 heterocycles. The molecule has 7 nitrogen and oxygen atoms in total. The van der Waals surface area contributed by atoms with Crippen LogP contribution in [0.2, 0.25) is 0 Å². The van der Waals surface area contributed by atoms with E-state index in [0.717, 1.165) is 0 Å². The molecule has 1 aliphatic rings. The number of aromatic nitrogens is 1. The van der Waals surface area contributed by atoms with Crippen LogP contribution < -0.4 is 0 Å². The van der Waals surface area contributed by atoms with Crippen molar-refractivity contribution in [3.63, 3.8) is 0 Å². The Bertz CT molecular complexity index is 553. The summed E-state index contributed by atoms with van der Waals surface area (Å²) in [6.45, 7) is 3.23. The Hall–Kier alpha value is -1.67. The van der Waals surface area contributed by atoms with E-state index in [1.165, 1.54) is 27.7 Å². The summed E-state index contributed by atoms with van der Waals surface area (Å²) < 4.78 is 30.9. The van der Waals surface area contributed by atoms with E-state index in [1.54, 1.807) is 13.0 Å². The quantitative estimate of drug-likeness (QED) is 0.814. The Morgan fingerprint density at radius 1 is 1.35 bits per heavy atom. The molecule has 1 aromatic heterocycles. The lowest BCUT2D eigenvalue weighted by molar-refractivity contribution is 0.0934. The molecule has 0 saturated carbocycles. The number of pyridine rings is 1. The number of carbonyl (C=O) groups excluding carboxylic acids is 1. The lowest BCUT2D eigenvalue weighted by Gasteiger charge is -2.33. The molecule has 20 heavy (non-hydrogen) atoms. The van der Waals surface area contributed by atoms with Gasteiger partial charge in [-0.2, -0.15) is 4.31 Å². The minimum Gasteiger partial charge on any atom is -0.450 e. The highest BCUT2D eigenvalue weighted by Gasteiger charge is 2.30. The van der Waals surface area contributed by atoms with Crippen LogP contribution in [0.5, 0.6) is 0 Å². The maximum Gasteiger partial charge on any atom is 0.409 e. The summed E-state index contributed by atoms with van der Waals surface area (Å²) in [5.41, 5.74) is 0. The van der Waals surface area contributed by atoms with Crippen molar-refractivity contribution in [2.75, 3.05) is 32.8 Å². The molecular formula is C12H17N3O4S. The average Bonchev–Trinajstić information content (AvgIpc) is 2.48. The Morgan fingerprint density at radius 2 is 2.05 bits per heavy atom. The topological polar surface area (TPSA) is 79.8 Å². The molecular weight excluding hydrogens is 282 g/mol. The molecule has 0 unspecified atom stereocenters. The smallest absolute Gasteiger partial charge is 0.409 e. The van der Waals surface area contributed by atoms with Crippen LogP contribution in [-0.4, -0.2) is 61.5 Å². The van der Waals surface area contributed by atoms with Crippen LogP contribution in [0.4, 0.5) is 4.79 Å². The van der Waals surface area contributed by atoms with Gasteiger partial charge in [-0.25, -0.2) is 13.2 Å². The lowest BCUT2D eigenvalue weighted by Crippen LogP contribution is -2.50. The van der Waals surface area contributed by atoms with Gasteiger partial charge in [-0.3, -0.25) is 4.98 Å². The van der Waals surface area contributed by atoms with E-state index in [9.17, 15) is 13.2 Å². The third kappa shape index (κ3) is 3.07. The molecule has 110 valence electrons. The van der Waals surface area contributed by atoms with E-state index in [-0.39, 0.29) is 18.0 Å². The monoisotopic (exact) mass is 299 g/mol. The number of ether oxygens (including phenoxy) is 1. The molecule has 1 aliphatic heterocycles. The van der Waals surface area contributed by atoms with Crippen molar-refractivity contribution in [3.05, 3.63) is 24.5 Å². The van der Waals surface area contributed by atoms with Crippen molar-refractivity contribution in [2.45, 2.75) is 11.8 Å². The lowest BCUT2D eigenvalue weighted by atomic mass is 10.4. The van der Waals surface area contributed by atoms with E-state index in [4.69, 9.17) is 4.74 Å². The van der Waals surface area contributed by atoms with Crippen LogP contribution in [0.15, 0.2) is 29.4 Å². The van der Waals surface area contributed by atoms with Gasteiger partial charge < -0.3 is 9.64 Å². The van der Waals surface area contributed by atoms with Crippen molar-refractivity contribution in [1.29, 1.82) is 0 Å². The van der Waals surface area contributed by atoms with Crippen molar-refractivity contribution in [2.24, 2.45) is 0 Å². The molecule has 0 spiro atoms. The molecule has 1 amide bonds. The first-order valence-corrected chi connectivity index (χ1v) is 7.81. The summed E-state index contributed by atoms with van der Waals surface area (Å²) in [5, 5.41) is 0. The van der Waals surface area contributed by atoms with Gasteiger partial charge in [0.1, 0.15) is 4.90 Å². The van der Waals surface area contributed by atoms with Crippen LogP contribution >= 0.6 is 0 Å². The van der Waals surface area contributed by atoms with E-state index < -0.39 is 16.1 Å². The second kappa shape index (κ2) is 6.19. The van der Waals surface area contributed by atoms with Crippen molar-refractivity contribution in [1.82, 2.24) is 14.2 Å². The van der Waals surface area contributed by atoms with Gasteiger partial charge in [-0.05, 0) is 19.1 Å². The minimum atomic E-state index is -3.53. The molecule has 1 aromatic rings. The number of sulfonamides is 1. The Kier molecular flexibility index (Phi) is 4.56. The van der Waals surface area contributed by atoms with Gasteiger partial charge in [-0.15, -0.1) is 0 Å². The Labute approximate surface area is 118 Å². The summed E-state index contributed by atoms with van der Waals surface area (Å²) in [6.07, 6.45) is 2.45. The number of hydrogen-bond acceptors (Lipinski definition) is 5. The molecule has 8 heteroatoms. The normalized spacial score (nSPS) is 16.9. The largest absolute Gasteiger partial charge is 0.450 e. The molecule has 0 radical (unpaired) electrons. The highest BCUT2D eigenvalue weighted by Crippen LogP contribution is 2.16. The number of hydrogen-bond donors (Lipinski definition) is 0. The van der Waals surface area contributed by atoms with Gasteiger partial charge in [0, 0.05) is 38.6 Å². The number of nitrogens with zero attached hydrogens (tertiary/aromatic N) is 3. The van der Waals surface area contributed by atoms with Crippen LogP contribution in [0.1, 0.15) is 6.92 Å². The SMILES string of the molecule is CCOC(=O)N1CCN(S(=O)(=O)c2cccnc2)CC1. The molecule has 0 atom stereocenters. The summed E-state index contributed by atoms with van der Waals surface area (Å²) >= 11 is 0. The molecule has 0 aliphatic carbocycles. The predicted octanol–water partition coefficient (Wildman–Crippen LogP) is 0.544. The van der Waals surface area contributed by atoms with Crippen LogP contribution in [0.25, 0.3) is 0 Å². The first kappa shape index (κ1) is 14.7. The van der Waals surface area contributed by atoms with Gasteiger partial charge in [0.2, 0.25) is 10.0 Å². The van der Waals surface area contributed by atoms with Gasteiger partial charge in [-0.1, -0.05) is 0 Å². The highest BCUT2D eigenvalue weighted by atomic mass is 32.2. The number of amides is 1. The molecule has 2 rings (SSSR count). The van der Waals surface area contributed by atoms with Gasteiger partial charge in [0.05, 0.1) is 6.61 Å². The Balaban J connectivity index is 2.02. The fourth-order valence-corrected chi connectivity index (χ4v) is 3.36. The maximum atomic E-state index is 12.3. The third-order valence-electron chi connectivity index (χ3n) is 3.04. The van der Waals surface area contributed by atoms with Crippen molar-refractivity contribution >= 4 is 16.1 Å². The van der Waals surface area contributed by atoms with E-state index in [0.29, 0.717) is 19.7 Å². The van der Waals surface area contributed by atoms with Crippen LogP contribution in [-0.2, 0) is 14.8 Å². The molecule has 0 N–H and O–H groups in total. The average molecular weight is 299 g/mol. The third-order valence-corrected chi connectivity index (χ3v) is 4.92. The van der Waals surface area contributed by atoms with Gasteiger partial charge >= 0.3 is 6.09 Å². The number of piperazine rings is 1. The van der Waals surface area contributed by atoms with Crippen LogP contribution in [0, 0.1) is 0 Å². The van der Waals surface area contributed by atoms with Crippen molar-refractivity contribution in [3.8, 4) is 0 Å². The van der Waals surface area contributed by atoms with E-state index in [1.807, 2.05) is 0 Å². The second-order valence-corrected chi connectivity index (χ2v) is 6.22. The molecule has 0 aromatic carbocycles. The van der Waals surface area contributed by atoms with Crippen molar-refractivity contribution < 1.29 is 17.9 Å². The number of rotatable bonds is 3. The zero-order valence-corrected chi connectivity index (χ0v) is 12.0. The standard InChI is InChI=1S/C12H17N3O4S/c1-2-19-12(16)14-6-8-15(9-7-14)20(17,18)11-4-3-5-13-10-11/h3-5,10H,2,6-9H2,1H3. The van der Waals surface area contributed by atoms with Gasteiger partial charge in [0.25, 0.3) is 0 Å². The summed E-state index contributed by atoms with van der Waals surface area (Å²) in [7, 11) is -3.53. The zero-order chi connectivity index (χ0) is 14.6. The predicted molar refractivity (Wildman–Crippen MR) is 71.6 cm³/mol. The van der Waals surface area contributed by atoms with E-state index in [2.05, 4.69) is 4.98 Å². The molecule has 0 bridgehead atoms. The van der Waals surface area contributed by atoms with Gasteiger partial charge in [0.15, 0.2) is 0 Å². The fourth-order valence-electron chi connectivity index (χ4n) is 1.97. The summed E-state index contributed by atoms with van der Waals surface area (Å²) in [5.74, 6) is 0. The zero-order valence-electron chi connectivity index (χ0n) is 11.2. The highest BCUT2D eigenvalue weighted by molar-refractivity contribution is 7.89. The maximum absolute atomic E-state index is 12.3. The van der Waals surface area contributed by atoms with E-state index >= 15 is 0 Å².